The number of furan rings is 1. The fourth-order valence-corrected chi connectivity index (χ4v) is 2.96. The number of tetrazole rings is 1. The zero-order valence-electron chi connectivity index (χ0n) is 17.3. The van der Waals surface area contributed by atoms with E-state index in [2.05, 4.69) is 15.5 Å². The van der Waals surface area contributed by atoms with Gasteiger partial charge in [0.2, 0.25) is 0 Å². The van der Waals surface area contributed by atoms with Gasteiger partial charge in [0.05, 0.1) is 13.4 Å². The lowest BCUT2D eigenvalue weighted by Crippen LogP contribution is -2.19. The maximum Gasteiger partial charge on any atom is 0.357 e. The molecule has 0 aliphatic rings. The van der Waals surface area contributed by atoms with Crippen LogP contribution in [-0.4, -0.2) is 45.7 Å². The summed E-state index contributed by atoms with van der Waals surface area (Å²) in [6.07, 6.45) is 2.83. The number of methoxy groups -OCH3 is 1. The fourth-order valence-electron chi connectivity index (χ4n) is 2.96. The van der Waals surface area contributed by atoms with Gasteiger partial charge in [-0.1, -0.05) is 30.3 Å². The summed E-state index contributed by atoms with van der Waals surface area (Å²) in [6, 6.07) is 16.0. The zero-order chi connectivity index (χ0) is 23.2. The molecular formula is C23H17FN4O5. The second kappa shape index (κ2) is 9.69. The predicted octanol–water partition coefficient (Wildman–Crippen LogP) is 3.51. The number of esters is 1. The highest BCUT2D eigenvalue weighted by atomic mass is 19.1. The number of carbonyl (C=O) groups excluding carboxylic acids is 2. The van der Waals surface area contributed by atoms with Gasteiger partial charge >= 0.3 is 5.97 Å². The number of hydrogen-bond donors (Lipinski definition) is 0. The maximum absolute atomic E-state index is 13.9. The first-order valence-corrected chi connectivity index (χ1v) is 9.70. The smallest absolute Gasteiger partial charge is 0.357 e. The molecule has 0 aliphatic heterocycles. The van der Waals surface area contributed by atoms with Crippen LogP contribution >= 0.6 is 0 Å². The van der Waals surface area contributed by atoms with Gasteiger partial charge in [-0.3, -0.25) is 4.79 Å². The summed E-state index contributed by atoms with van der Waals surface area (Å²) >= 11 is 0. The first-order valence-electron chi connectivity index (χ1n) is 9.70. The lowest BCUT2D eigenvalue weighted by Gasteiger charge is -2.10. The summed E-state index contributed by atoms with van der Waals surface area (Å²) in [5, 5.41) is 11.6. The summed E-state index contributed by atoms with van der Waals surface area (Å²) < 4.78 is 30.5. The molecule has 10 heteroatoms. The van der Waals surface area contributed by atoms with Crippen LogP contribution in [0, 0.1) is 5.82 Å². The minimum atomic E-state index is -0.877. The molecule has 0 radical (unpaired) electrons. The van der Waals surface area contributed by atoms with Crippen LogP contribution in [0.25, 0.3) is 23.2 Å². The third-order valence-corrected chi connectivity index (χ3v) is 4.57. The fraction of sp³-hybridized carbons (Fsp3) is 0.0870. The molecule has 0 aliphatic carbocycles. The van der Waals surface area contributed by atoms with Crippen LogP contribution in [0.15, 0.2) is 71.3 Å². The number of halogens is 1. The van der Waals surface area contributed by atoms with Gasteiger partial charge in [0.25, 0.3) is 0 Å². The van der Waals surface area contributed by atoms with Gasteiger partial charge in [0.1, 0.15) is 5.76 Å². The molecule has 0 saturated carbocycles. The molecule has 4 aromatic rings. The number of nitrogens with zero attached hydrogens (tertiary/aromatic N) is 4. The van der Waals surface area contributed by atoms with Crippen molar-refractivity contribution < 1.29 is 27.9 Å². The number of aromatic nitrogens is 4. The average molecular weight is 448 g/mol. The van der Waals surface area contributed by atoms with Crippen molar-refractivity contribution in [2.75, 3.05) is 13.7 Å². The number of rotatable bonds is 8. The van der Waals surface area contributed by atoms with Crippen molar-refractivity contribution in [1.82, 2.24) is 20.2 Å². The molecule has 33 heavy (non-hydrogen) atoms. The summed E-state index contributed by atoms with van der Waals surface area (Å²) in [5.41, 5.74) is 0.609. The van der Waals surface area contributed by atoms with Crippen LogP contribution in [0.3, 0.4) is 0 Å². The van der Waals surface area contributed by atoms with E-state index in [0.29, 0.717) is 11.3 Å². The van der Waals surface area contributed by atoms with Crippen LogP contribution in [0.4, 0.5) is 4.39 Å². The minimum Gasteiger partial charge on any atom is -0.494 e. The van der Waals surface area contributed by atoms with Crippen LogP contribution in [0.5, 0.6) is 5.75 Å². The molecule has 0 bridgehead atoms. The molecular weight excluding hydrogens is 431 g/mol. The summed E-state index contributed by atoms with van der Waals surface area (Å²) in [5.74, 6) is -1.54. The summed E-state index contributed by atoms with van der Waals surface area (Å²) in [4.78, 5) is 25.4. The van der Waals surface area contributed by atoms with Gasteiger partial charge in [0, 0.05) is 17.2 Å². The first-order chi connectivity index (χ1) is 16.1. The van der Waals surface area contributed by atoms with Gasteiger partial charge in [-0.05, 0) is 40.8 Å². The highest BCUT2D eigenvalue weighted by molar-refractivity contribution is 6.16. The molecule has 2 heterocycles. The van der Waals surface area contributed by atoms with Crippen LogP contribution in [-0.2, 0) is 9.53 Å². The predicted molar refractivity (Wildman–Crippen MR) is 114 cm³/mol. The summed E-state index contributed by atoms with van der Waals surface area (Å²) in [7, 11) is 1.32. The number of hydrogen-bond acceptors (Lipinski definition) is 8. The third kappa shape index (κ3) is 4.85. The van der Waals surface area contributed by atoms with Crippen LogP contribution in [0.2, 0.25) is 0 Å². The Balaban J connectivity index is 1.59. The normalized spacial score (nSPS) is 11.3. The molecule has 2 aromatic carbocycles. The Hall–Kier alpha value is -4.60. The zero-order valence-corrected chi connectivity index (χ0v) is 17.3. The van der Waals surface area contributed by atoms with Gasteiger partial charge in [-0.25, -0.2) is 9.18 Å². The van der Waals surface area contributed by atoms with E-state index in [9.17, 15) is 14.0 Å². The van der Waals surface area contributed by atoms with E-state index in [1.807, 2.05) is 6.07 Å². The first kappa shape index (κ1) is 21.6. The second-order valence-electron chi connectivity index (χ2n) is 6.67. The number of ketones is 1. The number of carbonyl (C=O) groups is 2. The third-order valence-electron chi connectivity index (χ3n) is 4.57. The molecule has 166 valence electrons. The Morgan fingerprint density at radius 1 is 1.12 bits per heavy atom. The standard InChI is InChI=1S/C23H17FN4O5/c1-31-21-10-9-16(12-18(21)24)20(29)14-33-23(30)19(13-17-8-5-11-32-17)28-22(25-26-27-28)15-6-3-2-4-7-15/h2-13H,14H2,1H3/b19-13-. The number of Topliss-reactive ketones (excluding diaryl/α,β-unsaturated/α-hetero) is 1. The molecule has 2 aromatic heterocycles. The van der Waals surface area contributed by atoms with Crippen LogP contribution in [0.1, 0.15) is 16.1 Å². The van der Waals surface area contributed by atoms with Gasteiger partial charge in [0.15, 0.2) is 35.5 Å². The molecule has 0 amide bonds. The number of ether oxygens (including phenoxy) is 2. The van der Waals surface area contributed by atoms with Crippen molar-refractivity contribution in [3.8, 4) is 17.1 Å². The van der Waals surface area contributed by atoms with Crippen molar-refractivity contribution in [2.45, 2.75) is 0 Å². The van der Waals surface area contributed by atoms with E-state index in [1.165, 1.54) is 36.3 Å². The quantitative estimate of drug-likeness (QED) is 0.229. The Morgan fingerprint density at radius 2 is 1.94 bits per heavy atom. The van der Waals surface area contributed by atoms with E-state index in [-0.39, 0.29) is 22.8 Å². The van der Waals surface area contributed by atoms with Gasteiger partial charge in [-0.15, -0.1) is 5.10 Å². The van der Waals surface area contributed by atoms with Crippen molar-refractivity contribution >= 4 is 23.5 Å². The SMILES string of the molecule is COc1ccc(C(=O)COC(=O)/C(=C/c2ccco2)n2nnnc2-c2ccccc2)cc1F. The molecule has 0 atom stereocenters. The van der Waals surface area contributed by atoms with E-state index in [4.69, 9.17) is 13.9 Å². The lowest BCUT2D eigenvalue weighted by molar-refractivity contribution is -0.136. The topological polar surface area (TPSA) is 109 Å². The molecule has 0 fully saturated rings. The Morgan fingerprint density at radius 3 is 2.64 bits per heavy atom. The molecule has 9 nitrogen and oxygen atoms in total. The Kier molecular flexibility index (Phi) is 6.35. The van der Waals surface area contributed by atoms with Crippen molar-refractivity contribution in [1.29, 1.82) is 0 Å². The molecule has 0 N–H and O–H groups in total. The molecule has 0 saturated heterocycles. The molecule has 0 unspecified atom stereocenters. The van der Waals surface area contributed by atoms with Crippen LogP contribution < -0.4 is 4.74 Å². The molecule has 4 rings (SSSR count). The average Bonchev–Trinajstić information content (AvgIpc) is 3.53. The second-order valence-corrected chi connectivity index (χ2v) is 6.67. The van der Waals surface area contributed by atoms with Crippen molar-refractivity contribution in [2.24, 2.45) is 0 Å². The van der Waals surface area contributed by atoms with E-state index < -0.39 is 24.2 Å². The number of benzene rings is 2. The van der Waals surface area contributed by atoms with Crippen molar-refractivity contribution in [3.05, 3.63) is 84.1 Å². The highest BCUT2D eigenvalue weighted by Gasteiger charge is 2.22. The monoisotopic (exact) mass is 448 g/mol. The highest BCUT2D eigenvalue weighted by Crippen LogP contribution is 2.22. The van der Waals surface area contributed by atoms with E-state index in [0.717, 1.165) is 6.07 Å². The van der Waals surface area contributed by atoms with E-state index >= 15 is 0 Å². The van der Waals surface area contributed by atoms with Crippen molar-refractivity contribution in [3.63, 3.8) is 0 Å². The minimum absolute atomic E-state index is 0.000615. The largest absolute Gasteiger partial charge is 0.494 e. The maximum atomic E-state index is 13.9. The Labute approximate surface area is 187 Å². The lowest BCUT2D eigenvalue weighted by atomic mass is 10.1. The van der Waals surface area contributed by atoms with E-state index in [1.54, 1.807) is 36.4 Å². The molecule has 0 spiro atoms. The van der Waals surface area contributed by atoms with Gasteiger partial charge in [-0.2, -0.15) is 4.68 Å². The summed E-state index contributed by atoms with van der Waals surface area (Å²) in [6.45, 7) is -0.622. The Bertz CT molecular complexity index is 1300. The van der Waals surface area contributed by atoms with Gasteiger partial charge < -0.3 is 13.9 Å².